The summed E-state index contributed by atoms with van der Waals surface area (Å²) in [5, 5.41) is 6.06. The summed E-state index contributed by atoms with van der Waals surface area (Å²) >= 11 is 0. The van der Waals surface area contributed by atoms with Crippen LogP contribution in [0, 0.1) is 18.6 Å². The number of hydrogen-bond donors (Lipinski definition) is 2. The molecule has 0 spiro atoms. The molecule has 132 valence electrons. The van der Waals surface area contributed by atoms with Crippen LogP contribution in [0.3, 0.4) is 0 Å². The molecule has 0 saturated carbocycles. The van der Waals surface area contributed by atoms with Crippen molar-refractivity contribution in [2.75, 3.05) is 13.2 Å². The Morgan fingerprint density at radius 3 is 3.04 bits per heavy atom. The fraction of sp³-hybridized carbons (Fsp3) is 0.333. The first-order valence-electron chi connectivity index (χ1n) is 8.06. The van der Waals surface area contributed by atoms with Crippen LogP contribution >= 0.6 is 0 Å². The van der Waals surface area contributed by atoms with Crippen molar-refractivity contribution in [1.82, 2.24) is 15.6 Å². The quantitative estimate of drug-likeness (QED) is 0.869. The van der Waals surface area contributed by atoms with Crippen LogP contribution in [0.25, 0.3) is 0 Å². The maximum atomic E-state index is 13.5. The number of ether oxygens (including phenoxy) is 1. The van der Waals surface area contributed by atoms with E-state index in [9.17, 15) is 13.6 Å². The van der Waals surface area contributed by atoms with Crippen molar-refractivity contribution in [3.63, 3.8) is 0 Å². The van der Waals surface area contributed by atoms with Gasteiger partial charge in [-0.1, -0.05) is 0 Å². The molecule has 2 aromatic rings. The molecule has 0 aliphatic carbocycles. The molecule has 0 fully saturated rings. The normalized spacial score (nSPS) is 13.2. The smallest absolute Gasteiger partial charge is 0.258 e. The first-order valence-corrected chi connectivity index (χ1v) is 8.06. The Balaban J connectivity index is 1.59. The number of amides is 1. The summed E-state index contributed by atoms with van der Waals surface area (Å²) in [5.74, 6) is -2.06. The number of fused-ring (bicyclic) bond motifs is 1. The van der Waals surface area contributed by atoms with E-state index in [2.05, 4.69) is 15.6 Å². The number of hydrogen-bond acceptors (Lipinski definition) is 4. The molecule has 0 saturated heterocycles. The van der Waals surface area contributed by atoms with Gasteiger partial charge in [0.15, 0.2) is 18.2 Å². The predicted octanol–water partition coefficient (Wildman–Crippen LogP) is 2.01. The Kier molecular flexibility index (Phi) is 5.23. The van der Waals surface area contributed by atoms with E-state index < -0.39 is 11.6 Å². The van der Waals surface area contributed by atoms with E-state index in [0.717, 1.165) is 48.5 Å². The van der Waals surface area contributed by atoms with Crippen LogP contribution in [0.2, 0.25) is 0 Å². The van der Waals surface area contributed by atoms with Gasteiger partial charge < -0.3 is 15.4 Å². The zero-order valence-electron chi connectivity index (χ0n) is 13.9. The lowest BCUT2D eigenvalue weighted by Gasteiger charge is -2.21. The van der Waals surface area contributed by atoms with E-state index in [0.29, 0.717) is 12.6 Å². The molecule has 2 heterocycles. The number of aromatic nitrogens is 1. The Hall–Kier alpha value is -2.54. The number of halogens is 2. The van der Waals surface area contributed by atoms with Crippen molar-refractivity contribution in [3.05, 3.63) is 58.4 Å². The van der Waals surface area contributed by atoms with Crippen LogP contribution in [0.4, 0.5) is 8.78 Å². The van der Waals surface area contributed by atoms with Gasteiger partial charge in [0.1, 0.15) is 5.82 Å². The van der Waals surface area contributed by atoms with Crippen molar-refractivity contribution >= 4 is 5.91 Å². The van der Waals surface area contributed by atoms with E-state index >= 15 is 0 Å². The molecule has 0 bridgehead atoms. The monoisotopic (exact) mass is 347 g/mol. The Labute approximate surface area is 144 Å². The molecule has 3 rings (SSSR count). The molecule has 5 nitrogen and oxygen atoms in total. The number of nitrogens with one attached hydrogen (secondary N) is 2. The minimum absolute atomic E-state index is 0.155. The summed E-state index contributed by atoms with van der Waals surface area (Å²) in [6.07, 6.45) is 2.75. The second kappa shape index (κ2) is 7.57. The van der Waals surface area contributed by atoms with E-state index in [4.69, 9.17) is 4.74 Å². The third-order valence-electron chi connectivity index (χ3n) is 4.18. The molecule has 0 unspecified atom stereocenters. The molecule has 2 N–H and O–H groups in total. The number of carbonyl (C=O) groups excluding carboxylic acids is 1. The second-order valence-corrected chi connectivity index (χ2v) is 5.89. The van der Waals surface area contributed by atoms with Gasteiger partial charge in [-0.25, -0.2) is 8.78 Å². The van der Waals surface area contributed by atoms with Gasteiger partial charge in [0, 0.05) is 31.0 Å². The number of pyridine rings is 1. The summed E-state index contributed by atoms with van der Waals surface area (Å²) in [4.78, 5) is 16.4. The second-order valence-electron chi connectivity index (χ2n) is 5.89. The highest BCUT2D eigenvalue weighted by Crippen LogP contribution is 2.20. The molecule has 1 aliphatic rings. The summed E-state index contributed by atoms with van der Waals surface area (Å²) in [7, 11) is 0. The summed E-state index contributed by atoms with van der Waals surface area (Å²) in [6, 6.07) is 2.95. The van der Waals surface area contributed by atoms with Crippen molar-refractivity contribution in [1.29, 1.82) is 0 Å². The predicted molar refractivity (Wildman–Crippen MR) is 88.1 cm³/mol. The fourth-order valence-corrected chi connectivity index (χ4v) is 2.85. The highest BCUT2D eigenvalue weighted by Gasteiger charge is 2.16. The van der Waals surface area contributed by atoms with Crippen molar-refractivity contribution in [2.45, 2.75) is 26.4 Å². The number of nitrogens with zero attached hydrogens (tertiary/aromatic N) is 1. The average Bonchev–Trinajstić information content (AvgIpc) is 2.60. The Morgan fingerprint density at radius 2 is 2.24 bits per heavy atom. The molecule has 7 heteroatoms. The van der Waals surface area contributed by atoms with E-state index in [1.54, 1.807) is 0 Å². The molecular weight excluding hydrogens is 328 g/mol. The number of benzene rings is 1. The molecule has 25 heavy (non-hydrogen) atoms. The number of rotatable bonds is 5. The highest BCUT2D eigenvalue weighted by molar-refractivity contribution is 5.77. The maximum absolute atomic E-state index is 13.5. The van der Waals surface area contributed by atoms with Crippen LogP contribution in [-0.4, -0.2) is 24.0 Å². The summed E-state index contributed by atoms with van der Waals surface area (Å²) in [5.41, 5.74) is 4.26. The topological polar surface area (TPSA) is 63.2 Å². The SMILES string of the molecule is Cc1ncc2c(c1CNC(=O)COc1ccc(F)cc1F)CCNC2. The largest absolute Gasteiger partial charge is 0.481 e. The lowest BCUT2D eigenvalue weighted by Crippen LogP contribution is -2.31. The first-order chi connectivity index (χ1) is 12.0. The zero-order valence-corrected chi connectivity index (χ0v) is 13.9. The van der Waals surface area contributed by atoms with Crippen LogP contribution in [-0.2, 0) is 24.3 Å². The van der Waals surface area contributed by atoms with Gasteiger partial charge in [0.2, 0.25) is 0 Å². The zero-order chi connectivity index (χ0) is 17.8. The van der Waals surface area contributed by atoms with Gasteiger partial charge in [-0.05, 0) is 48.7 Å². The molecule has 1 aliphatic heterocycles. The standard InChI is InChI=1S/C18H19F2N3O2/c1-11-15(14-4-5-21-7-12(14)8-22-11)9-23-18(24)10-25-17-3-2-13(19)6-16(17)20/h2-3,6,8,21H,4-5,7,9-10H2,1H3,(H,23,24). The van der Waals surface area contributed by atoms with Gasteiger partial charge in [0.05, 0.1) is 0 Å². The lowest BCUT2D eigenvalue weighted by molar-refractivity contribution is -0.123. The lowest BCUT2D eigenvalue weighted by atomic mass is 9.96. The van der Waals surface area contributed by atoms with Gasteiger partial charge in [-0.3, -0.25) is 9.78 Å². The summed E-state index contributed by atoms with van der Waals surface area (Å²) < 4.78 is 31.4. The Bertz CT molecular complexity index is 796. The molecule has 0 atom stereocenters. The first kappa shape index (κ1) is 17.3. The molecule has 1 aromatic carbocycles. The van der Waals surface area contributed by atoms with Crippen LogP contribution in [0.5, 0.6) is 5.75 Å². The minimum Gasteiger partial charge on any atom is -0.481 e. The van der Waals surface area contributed by atoms with Gasteiger partial charge in [0.25, 0.3) is 5.91 Å². The van der Waals surface area contributed by atoms with Gasteiger partial charge >= 0.3 is 0 Å². The number of carbonyl (C=O) groups is 1. The van der Waals surface area contributed by atoms with Crippen molar-refractivity contribution in [2.24, 2.45) is 0 Å². The average molecular weight is 347 g/mol. The Morgan fingerprint density at radius 1 is 1.40 bits per heavy atom. The van der Waals surface area contributed by atoms with E-state index in [1.807, 2.05) is 13.1 Å². The van der Waals surface area contributed by atoms with Crippen LogP contribution in [0.15, 0.2) is 24.4 Å². The van der Waals surface area contributed by atoms with Gasteiger partial charge in [-0.15, -0.1) is 0 Å². The van der Waals surface area contributed by atoms with Crippen molar-refractivity contribution < 1.29 is 18.3 Å². The number of aryl methyl sites for hydroxylation is 1. The molecule has 0 radical (unpaired) electrons. The van der Waals surface area contributed by atoms with Gasteiger partial charge in [-0.2, -0.15) is 0 Å². The van der Waals surface area contributed by atoms with Crippen molar-refractivity contribution in [3.8, 4) is 5.75 Å². The molecular formula is C18H19F2N3O2. The maximum Gasteiger partial charge on any atom is 0.258 e. The van der Waals surface area contributed by atoms with Crippen LogP contribution in [0.1, 0.15) is 22.4 Å². The molecule has 1 aromatic heterocycles. The fourth-order valence-electron chi connectivity index (χ4n) is 2.85. The van der Waals surface area contributed by atoms with E-state index in [1.165, 1.54) is 5.56 Å². The third-order valence-corrected chi connectivity index (χ3v) is 4.18. The summed E-state index contributed by atoms with van der Waals surface area (Å²) in [6.45, 7) is 3.58. The minimum atomic E-state index is -0.836. The third kappa shape index (κ3) is 4.11. The van der Waals surface area contributed by atoms with Crippen LogP contribution < -0.4 is 15.4 Å². The molecule has 1 amide bonds. The highest BCUT2D eigenvalue weighted by atomic mass is 19.1. The van der Waals surface area contributed by atoms with E-state index in [-0.39, 0.29) is 18.3 Å².